The molecule has 0 bridgehead atoms. The average Bonchev–Trinajstić information content (AvgIpc) is 2.10. The Morgan fingerprint density at radius 1 is 1.58 bits per heavy atom. The van der Waals surface area contributed by atoms with Gasteiger partial charge in [-0.2, -0.15) is 0 Å². The molecule has 0 aliphatic carbocycles. The predicted molar refractivity (Wildman–Crippen MR) is 53.3 cm³/mol. The number of nitrogens with zero attached hydrogens (tertiary/aromatic N) is 2. The molecule has 4 nitrogen and oxygen atoms in total. The van der Waals surface area contributed by atoms with Gasteiger partial charge in [0.25, 0.3) is 0 Å². The first kappa shape index (κ1) is 11.4. The zero-order valence-corrected chi connectivity index (χ0v) is 8.08. The Balaban J connectivity index is 3.13. The van der Waals surface area contributed by atoms with E-state index in [9.17, 15) is 0 Å². The topological polar surface area (TPSA) is 53.6 Å². The van der Waals surface area contributed by atoms with Crippen molar-refractivity contribution >= 4 is 6.34 Å². The largest absolute Gasteiger partial charge is 0.376 e. The van der Waals surface area contributed by atoms with Crippen LogP contribution in [0.3, 0.4) is 0 Å². The zero-order chi connectivity index (χ0) is 9.23. The molecule has 0 aliphatic rings. The van der Waals surface area contributed by atoms with Gasteiger partial charge in [-0.1, -0.05) is 6.92 Å². The number of rotatable bonds is 7. The van der Waals surface area contributed by atoms with E-state index in [1.807, 2.05) is 7.05 Å². The minimum atomic E-state index is 0.732. The molecule has 4 heteroatoms. The summed E-state index contributed by atoms with van der Waals surface area (Å²) < 4.78 is 0. The van der Waals surface area contributed by atoms with Crippen LogP contribution in [0.2, 0.25) is 0 Å². The maximum absolute atomic E-state index is 5.32. The molecule has 0 aromatic heterocycles. The first-order chi connectivity index (χ1) is 5.81. The number of hydrogen-bond acceptors (Lipinski definition) is 3. The van der Waals surface area contributed by atoms with E-state index in [0.29, 0.717) is 0 Å². The van der Waals surface area contributed by atoms with Crippen LogP contribution >= 0.6 is 0 Å². The molecule has 0 atom stereocenters. The molecule has 0 aromatic carbocycles. The van der Waals surface area contributed by atoms with E-state index in [2.05, 4.69) is 22.1 Å². The Bertz CT molecular complexity index is 114. The molecule has 0 aliphatic heterocycles. The van der Waals surface area contributed by atoms with Crippen molar-refractivity contribution in [1.29, 1.82) is 0 Å². The van der Waals surface area contributed by atoms with Gasteiger partial charge < -0.3 is 11.1 Å². The lowest BCUT2D eigenvalue weighted by molar-refractivity contribution is 0.366. The van der Waals surface area contributed by atoms with Gasteiger partial charge in [0.15, 0.2) is 0 Å². The standard InChI is InChI=1S/C8H20N4/c1-3-12(2)8-11-7-10-6-4-5-9/h7H,3-6,8-9H2,1-2H3,(H,10,11). The molecule has 0 heterocycles. The van der Waals surface area contributed by atoms with Crippen LogP contribution in [0.4, 0.5) is 0 Å². The fourth-order valence-electron chi connectivity index (χ4n) is 0.613. The highest BCUT2D eigenvalue weighted by molar-refractivity contribution is 5.53. The molecular weight excluding hydrogens is 152 g/mol. The number of nitrogens with one attached hydrogen (secondary N) is 1. The first-order valence-corrected chi connectivity index (χ1v) is 4.41. The normalized spacial score (nSPS) is 11.3. The summed E-state index contributed by atoms with van der Waals surface area (Å²) in [5.74, 6) is 0. The first-order valence-electron chi connectivity index (χ1n) is 4.41. The molecule has 0 unspecified atom stereocenters. The van der Waals surface area contributed by atoms with Crippen LogP contribution < -0.4 is 11.1 Å². The van der Waals surface area contributed by atoms with E-state index in [0.717, 1.165) is 32.7 Å². The maximum atomic E-state index is 5.32. The molecular formula is C8H20N4. The van der Waals surface area contributed by atoms with Gasteiger partial charge in [0.2, 0.25) is 0 Å². The van der Waals surface area contributed by atoms with Crippen LogP contribution in [0.15, 0.2) is 4.99 Å². The van der Waals surface area contributed by atoms with Crippen LogP contribution in [0.25, 0.3) is 0 Å². The second-order valence-electron chi connectivity index (χ2n) is 2.72. The molecule has 0 saturated carbocycles. The van der Waals surface area contributed by atoms with Crippen molar-refractivity contribution in [2.24, 2.45) is 10.7 Å². The minimum absolute atomic E-state index is 0.732. The lowest BCUT2D eigenvalue weighted by atomic mass is 10.4. The lowest BCUT2D eigenvalue weighted by Gasteiger charge is -2.08. The Morgan fingerprint density at radius 2 is 2.33 bits per heavy atom. The van der Waals surface area contributed by atoms with Crippen LogP contribution in [-0.4, -0.2) is 44.6 Å². The fourth-order valence-corrected chi connectivity index (χ4v) is 0.613. The summed E-state index contributed by atoms with van der Waals surface area (Å²) in [6, 6.07) is 0. The summed E-state index contributed by atoms with van der Waals surface area (Å²) in [5, 5.41) is 3.07. The Morgan fingerprint density at radius 3 is 2.92 bits per heavy atom. The Hall–Kier alpha value is -0.610. The van der Waals surface area contributed by atoms with E-state index < -0.39 is 0 Å². The van der Waals surface area contributed by atoms with E-state index in [1.54, 1.807) is 6.34 Å². The second-order valence-corrected chi connectivity index (χ2v) is 2.72. The summed E-state index contributed by atoms with van der Waals surface area (Å²) in [7, 11) is 2.04. The highest BCUT2D eigenvalue weighted by Gasteiger charge is 1.87. The molecule has 0 radical (unpaired) electrons. The van der Waals surface area contributed by atoms with Crippen molar-refractivity contribution < 1.29 is 0 Å². The van der Waals surface area contributed by atoms with Crippen molar-refractivity contribution in [3.63, 3.8) is 0 Å². The van der Waals surface area contributed by atoms with Gasteiger partial charge in [-0.3, -0.25) is 9.89 Å². The third-order valence-corrected chi connectivity index (χ3v) is 1.57. The number of hydrogen-bond donors (Lipinski definition) is 2. The van der Waals surface area contributed by atoms with Crippen molar-refractivity contribution in [3.05, 3.63) is 0 Å². The lowest BCUT2D eigenvalue weighted by Crippen LogP contribution is -2.20. The highest BCUT2D eigenvalue weighted by Crippen LogP contribution is 1.78. The summed E-state index contributed by atoms with van der Waals surface area (Å²) in [5.41, 5.74) is 5.32. The van der Waals surface area contributed by atoms with Gasteiger partial charge in [0, 0.05) is 6.54 Å². The van der Waals surface area contributed by atoms with E-state index in [-0.39, 0.29) is 0 Å². The SMILES string of the molecule is CCN(C)C/N=C/NCCCN. The molecule has 0 aromatic rings. The summed E-state index contributed by atoms with van der Waals surface area (Å²) in [6.45, 7) is 5.54. The average molecular weight is 172 g/mol. The van der Waals surface area contributed by atoms with Gasteiger partial charge in [0.1, 0.15) is 0 Å². The molecule has 0 spiro atoms. The molecule has 0 amide bonds. The minimum Gasteiger partial charge on any atom is -0.376 e. The van der Waals surface area contributed by atoms with Crippen molar-refractivity contribution in [1.82, 2.24) is 10.2 Å². The summed E-state index contributed by atoms with van der Waals surface area (Å²) >= 11 is 0. The van der Waals surface area contributed by atoms with Gasteiger partial charge in [-0.25, -0.2) is 0 Å². The third kappa shape index (κ3) is 7.50. The quantitative estimate of drug-likeness (QED) is 0.319. The summed E-state index contributed by atoms with van der Waals surface area (Å²) in [6.07, 6.45) is 2.75. The van der Waals surface area contributed by atoms with E-state index >= 15 is 0 Å². The number of aliphatic imine (C=N–C) groups is 1. The van der Waals surface area contributed by atoms with Crippen LogP contribution in [0.5, 0.6) is 0 Å². The van der Waals surface area contributed by atoms with Gasteiger partial charge in [-0.15, -0.1) is 0 Å². The van der Waals surface area contributed by atoms with Crippen molar-refractivity contribution in [3.8, 4) is 0 Å². The molecule has 72 valence electrons. The molecule has 0 rings (SSSR count). The summed E-state index contributed by atoms with van der Waals surface area (Å²) in [4.78, 5) is 6.29. The van der Waals surface area contributed by atoms with Crippen molar-refractivity contribution in [2.45, 2.75) is 13.3 Å². The zero-order valence-electron chi connectivity index (χ0n) is 8.08. The second kappa shape index (κ2) is 8.49. The van der Waals surface area contributed by atoms with Crippen LogP contribution in [0.1, 0.15) is 13.3 Å². The van der Waals surface area contributed by atoms with Crippen LogP contribution in [-0.2, 0) is 0 Å². The van der Waals surface area contributed by atoms with Gasteiger partial charge >= 0.3 is 0 Å². The third-order valence-electron chi connectivity index (χ3n) is 1.57. The fraction of sp³-hybridized carbons (Fsp3) is 0.875. The molecule has 12 heavy (non-hydrogen) atoms. The molecule has 0 fully saturated rings. The van der Waals surface area contributed by atoms with Gasteiger partial charge in [-0.05, 0) is 26.6 Å². The predicted octanol–water partition coefficient (Wildman–Crippen LogP) is -0.138. The van der Waals surface area contributed by atoms with Crippen LogP contribution in [0, 0.1) is 0 Å². The van der Waals surface area contributed by atoms with Gasteiger partial charge in [0.05, 0.1) is 13.0 Å². The Kier molecular flexibility index (Phi) is 8.05. The monoisotopic (exact) mass is 172 g/mol. The maximum Gasteiger partial charge on any atom is 0.0924 e. The number of nitrogens with two attached hydrogens (primary N) is 1. The molecule has 0 saturated heterocycles. The Labute approximate surface area is 74.8 Å². The highest BCUT2D eigenvalue weighted by atomic mass is 15.2. The van der Waals surface area contributed by atoms with E-state index in [1.165, 1.54) is 0 Å². The smallest absolute Gasteiger partial charge is 0.0924 e. The molecule has 3 N–H and O–H groups in total. The van der Waals surface area contributed by atoms with E-state index in [4.69, 9.17) is 5.73 Å². The van der Waals surface area contributed by atoms with Crippen molar-refractivity contribution in [2.75, 3.05) is 33.4 Å².